The summed E-state index contributed by atoms with van der Waals surface area (Å²) < 4.78 is 23.9. The molecule has 0 atom stereocenters. The first-order valence-corrected chi connectivity index (χ1v) is 9.33. The predicted octanol–water partition coefficient (Wildman–Crippen LogP) is 3.88. The highest BCUT2D eigenvalue weighted by molar-refractivity contribution is 5.85. The smallest absolute Gasteiger partial charge is 0.258 e. The third-order valence-electron chi connectivity index (χ3n) is 3.93. The number of carbonyl (C=O) groups excluding carboxylic acids is 1. The van der Waals surface area contributed by atoms with Crippen molar-refractivity contribution < 1.29 is 18.7 Å². The molecule has 0 aliphatic carbocycles. The molecule has 1 amide bonds. The van der Waals surface area contributed by atoms with Gasteiger partial charge >= 0.3 is 0 Å². The Morgan fingerprint density at radius 3 is 2.31 bits per heavy atom. The fourth-order valence-electron chi connectivity index (χ4n) is 2.66. The molecular formula is C22H30ClFN2O3. The molecule has 0 spiro atoms. The van der Waals surface area contributed by atoms with Crippen LogP contribution < -0.4 is 20.1 Å². The molecule has 2 rings (SSSR count). The lowest BCUT2D eigenvalue weighted by molar-refractivity contribution is -0.124. The monoisotopic (exact) mass is 424 g/mol. The summed E-state index contributed by atoms with van der Waals surface area (Å²) in [6.07, 6.45) is 0.821. The first kappa shape index (κ1) is 24.7. The second-order valence-electron chi connectivity index (χ2n) is 7.63. The summed E-state index contributed by atoms with van der Waals surface area (Å²) >= 11 is 0. The van der Waals surface area contributed by atoms with Crippen molar-refractivity contribution >= 4 is 18.3 Å². The van der Waals surface area contributed by atoms with E-state index in [1.54, 1.807) is 25.3 Å². The van der Waals surface area contributed by atoms with Gasteiger partial charge in [-0.3, -0.25) is 4.79 Å². The van der Waals surface area contributed by atoms with E-state index in [2.05, 4.69) is 10.6 Å². The fourth-order valence-corrected chi connectivity index (χ4v) is 2.66. The van der Waals surface area contributed by atoms with E-state index < -0.39 is 0 Å². The molecule has 0 fully saturated rings. The molecule has 7 heteroatoms. The number of methoxy groups -OCH3 is 1. The molecule has 0 unspecified atom stereocenters. The maximum Gasteiger partial charge on any atom is 0.258 e. The summed E-state index contributed by atoms with van der Waals surface area (Å²) in [7, 11) is 1.57. The minimum atomic E-state index is -0.298. The molecule has 2 aromatic rings. The number of rotatable bonds is 9. The third kappa shape index (κ3) is 9.15. The van der Waals surface area contributed by atoms with Crippen molar-refractivity contribution in [3.8, 4) is 11.5 Å². The minimum absolute atomic E-state index is 0. The van der Waals surface area contributed by atoms with Crippen molar-refractivity contribution in [3.63, 3.8) is 0 Å². The summed E-state index contributed by atoms with van der Waals surface area (Å²) in [5.74, 6) is 0.714. The fraction of sp³-hybridized carbons (Fsp3) is 0.409. The molecular weight excluding hydrogens is 395 g/mol. The molecule has 0 saturated heterocycles. The van der Waals surface area contributed by atoms with Crippen LogP contribution in [0.2, 0.25) is 0 Å². The summed E-state index contributed by atoms with van der Waals surface area (Å²) in [5.41, 5.74) is 1.83. The zero-order chi connectivity index (χ0) is 20.6. The molecule has 0 aromatic heterocycles. The van der Waals surface area contributed by atoms with Gasteiger partial charge in [0, 0.05) is 12.1 Å². The summed E-state index contributed by atoms with van der Waals surface area (Å²) in [5, 5.41) is 6.21. The number of amides is 1. The average molecular weight is 425 g/mol. The van der Waals surface area contributed by atoms with E-state index in [0.29, 0.717) is 18.0 Å². The molecule has 5 nitrogen and oxygen atoms in total. The topological polar surface area (TPSA) is 59.6 Å². The van der Waals surface area contributed by atoms with Gasteiger partial charge in [0.2, 0.25) is 0 Å². The Labute approximate surface area is 178 Å². The van der Waals surface area contributed by atoms with Crippen molar-refractivity contribution in [2.75, 3.05) is 20.3 Å². The summed E-state index contributed by atoms with van der Waals surface area (Å²) in [6, 6.07) is 12.2. The lowest BCUT2D eigenvalue weighted by Crippen LogP contribution is -2.43. The van der Waals surface area contributed by atoms with Crippen LogP contribution in [0.4, 0.5) is 4.39 Å². The van der Waals surface area contributed by atoms with Gasteiger partial charge in [-0.05, 0) is 69.1 Å². The first-order chi connectivity index (χ1) is 13.3. The van der Waals surface area contributed by atoms with E-state index in [1.165, 1.54) is 12.1 Å². The molecule has 0 aliphatic heterocycles. The van der Waals surface area contributed by atoms with Gasteiger partial charge in [0.15, 0.2) is 18.1 Å². The molecule has 160 valence electrons. The van der Waals surface area contributed by atoms with Crippen LogP contribution in [0.1, 0.15) is 31.9 Å². The van der Waals surface area contributed by atoms with Crippen LogP contribution in [0.25, 0.3) is 0 Å². The van der Waals surface area contributed by atoms with E-state index in [1.807, 2.05) is 32.9 Å². The van der Waals surface area contributed by atoms with Crippen molar-refractivity contribution in [3.05, 3.63) is 59.4 Å². The van der Waals surface area contributed by atoms with Crippen LogP contribution in [-0.2, 0) is 17.8 Å². The minimum Gasteiger partial charge on any atom is -0.493 e. The number of benzene rings is 2. The Bertz CT molecular complexity index is 777. The molecule has 0 aliphatic rings. The quantitative estimate of drug-likeness (QED) is 0.600. The molecule has 0 radical (unpaired) electrons. The Hall–Kier alpha value is -2.31. The molecule has 0 saturated carbocycles. The molecule has 0 heterocycles. The number of carbonyl (C=O) groups is 1. The van der Waals surface area contributed by atoms with E-state index >= 15 is 0 Å². The van der Waals surface area contributed by atoms with Crippen LogP contribution >= 0.6 is 12.4 Å². The Kier molecular flexibility index (Phi) is 9.92. The SMILES string of the molecule is COc1cc(CNCCc2ccc(F)cc2)ccc1OCC(=O)NC(C)(C)C.Cl. The van der Waals surface area contributed by atoms with E-state index in [9.17, 15) is 9.18 Å². The highest BCUT2D eigenvalue weighted by Crippen LogP contribution is 2.28. The Morgan fingerprint density at radius 2 is 1.69 bits per heavy atom. The van der Waals surface area contributed by atoms with Crippen LogP contribution in [-0.4, -0.2) is 31.7 Å². The molecule has 0 bridgehead atoms. The van der Waals surface area contributed by atoms with E-state index in [4.69, 9.17) is 9.47 Å². The van der Waals surface area contributed by atoms with E-state index in [-0.39, 0.29) is 36.3 Å². The molecule has 2 N–H and O–H groups in total. The van der Waals surface area contributed by atoms with Crippen molar-refractivity contribution in [2.24, 2.45) is 0 Å². The summed E-state index contributed by atoms with van der Waals surface area (Å²) in [6.45, 7) is 7.14. The van der Waals surface area contributed by atoms with Gasteiger partial charge < -0.3 is 20.1 Å². The van der Waals surface area contributed by atoms with Crippen molar-refractivity contribution in [1.82, 2.24) is 10.6 Å². The Balaban J connectivity index is 0.00000420. The molecule has 2 aromatic carbocycles. The van der Waals surface area contributed by atoms with Gasteiger partial charge in [-0.1, -0.05) is 18.2 Å². The zero-order valence-electron chi connectivity index (χ0n) is 17.4. The summed E-state index contributed by atoms with van der Waals surface area (Å²) in [4.78, 5) is 11.9. The van der Waals surface area contributed by atoms with Gasteiger partial charge in [-0.2, -0.15) is 0 Å². The van der Waals surface area contributed by atoms with E-state index in [0.717, 1.165) is 24.1 Å². The van der Waals surface area contributed by atoms with Gasteiger partial charge in [0.25, 0.3) is 5.91 Å². The van der Waals surface area contributed by atoms with Crippen LogP contribution in [0, 0.1) is 5.82 Å². The molecule has 29 heavy (non-hydrogen) atoms. The number of nitrogens with one attached hydrogen (secondary N) is 2. The second-order valence-corrected chi connectivity index (χ2v) is 7.63. The normalized spacial score (nSPS) is 10.8. The lowest BCUT2D eigenvalue weighted by Gasteiger charge is -2.20. The zero-order valence-corrected chi connectivity index (χ0v) is 18.2. The van der Waals surface area contributed by atoms with Gasteiger partial charge in [0.05, 0.1) is 7.11 Å². The Morgan fingerprint density at radius 1 is 1.03 bits per heavy atom. The number of hydrogen-bond acceptors (Lipinski definition) is 4. The maximum atomic E-state index is 12.9. The standard InChI is InChI=1S/C22H29FN2O3.ClH/c1-22(2,3)25-21(26)15-28-19-10-7-17(13-20(19)27-4)14-24-12-11-16-5-8-18(23)9-6-16;/h5-10,13,24H,11-12,14-15H2,1-4H3,(H,25,26);1H. The number of ether oxygens (including phenoxy) is 2. The average Bonchev–Trinajstić information content (AvgIpc) is 2.64. The maximum absolute atomic E-state index is 12.9. The van der Waals surface area contributed by atoms with Gasteiger partial charge in [0.1, 0.15) is 5.82 Å². The van der Waals surface area contributed by atoms with Crippen molar-refractivity contribution in [1.29, 1.82) is 0 Å². The van der Waals surface area contributed by atoms with Crippen LogP contribution in [0.5, 0.6) is 11.5 Å². The van der Waals surface area contributed by atoms with Gasteiger partial charge in [-0.25, -0.2) is 4.39 Å². The van der Waals surface area contributed by atoms with Crippen LogP contribution in [0.15, 0.2) is 42.5 Å². The second kappa shape index (κ2) is 11.6. The lowest BCUT2D eigenvalue weighted by atomic mass is 10.1. The highest BCUT2D eigenvalue weighted by Gasteiger charge is 2.15. The predicted molar refractivity (Wildman–Crippen MR) is 115 cm³/mol. The number of hydrogen-bond donors (Lipinski definition) is 2. The first-order valence-electron chi connectivity index (χ1n) is 9.33. The van der Waals surface area contributed by atoms with Crippen molar-refractivity contribution in [2.45, 2.75) is 39.3 Å². The van der Waals surface area contributed by atoms with Gasteiger partial charge in [-0.15, -0.1) is 12.4 Å². The number of halogens is 2. The van der Waals surface area contributed by atoms with Crippen LogP contribution in [0.3, 0.4) is 0 Å². The highest BCUT2D eigenvalue weighted by atomic mass is 35.5. The third-order valence-corrected chi connectivity index (χ3v) is 3.93. The largest absolute Gasteiger partial charge is 0.493 e.